The number of halogens is 2. The predicted molar refractivity (Wildman–Crippen MR) is 88.0 cm³/mol. The number of rotatable bonds is 4. The number of hydrogen-bond donors (Lipinski definition) is 1. The summed E-state index contributed by atoms with van der Waals surface area (Å²) in [5.41, 5.74) is 1.42. The van der Waals surface area contributed by atoms with Crippen LogP contribution >= 0.6 is 23.2 Å². The minimum atomic E-state index is -0.546. The molecule has 22 heavy (non-hydrogen) atoms. The third-order valence-electron chi connectivity index (χ3n) is 3.44. The zero-order valence-electron chi connectivity index (χ0n) is 12.4. The number of aliphatic imine (C=N–C) groups is 1. The second kappa shape index (κ2) is 7.16. The second-order valence-corrected chi connectivity index (χ2v) is 5.83. The number of ether oxygens (including phenoxy) is 1. The van der Waals surface area contributed by atoms with Gasteiger partial charge in [-0.1, -0.05) is 29.3 Å². The first-order valence-electron chi connectivity index (χ1n) is 7.01. The van der Waals surface area contributed by atoms with Crippen LogP contribution in [0.3, 0.4) is 0 Å². The van der Waals surface area contributed by atoms with Crippen molar-refractivity contribution >= 4 is 34.9 Å². The van der Waals surface area contributed by atoms with Gasteiger partial charge in [-0.25, -0.2) is 4.79 Å². The molecule has 0 fully saturated rings. The standard InChI is InChI=1S/C16H17Cl2NO3/c1-3-22-16(21)15-9(2)19-10(8-14(15)20)7-11-12(17)5-4-6-13(11)18/h4-6,10,20H,3,7-8H2,1-2H3/t10-/m1/s1. The molecule has 0 aromatic heterocycles. The highest BCUT2D eigenvalue weighted by Crippen LogP contribution is 2.29. The fourth-order valence-electron chi connectivity index (χ4n) is 2.47. The number of aliphatic hydroxyl groups excluding tert-OH is 1. The van der Waals surface area contributed by atoms with Gasteiger partial charge in [-0.3, -0.25) is 4.99 Å². The number of carbonyl (C=O) groups excluding carboxylic acids is 1. The van der Waals surface area contributed by atoms with Crippen molar-refractivity contribution in [1.29, 1.82) is 0 Å². The summed E-state index contributed by atoms with van der Waals surface area (Å²) in [6, 6.07) is 5.10. The van der Waals surface area contributed by atoms with E-state index in [1.165, 1.54) is 0 Å². The molecule has 0 bridgehead atoms. The first-order chi connectivity index (χ1) is 10.4. The largest absolute Gasteiger partial charge is 0.511 e. The summed E-state index contributed by atoms with van der Waals surface area (Å²) in [5, 5.41) is 11.3. The molecule has 6 heteroatoms. The van der Waals surface area contributed by atoms with Crippen LogP contribution in [0.15, 0.2) is 34.5 Å². The molecular weight excluding hydrogens is 325 g/mol. The SMILES string of the molecule is CCOC(=O)C1=C(O)C[C@@H](Cc2c(Cl)cccc2Cl)N=C1C. The van der Waals surface area contributed by atoms with Crippen LogP contribution in [0.4, 0.5) is 0 Å². The van der Waals surface area contributed by atoms with E-state index in [0.29, 0.717) is 22.2 Å². The van der Waals surface area contributed by atoms with Crippen molar-refractivity contribution in [3.8, 4) is 0 Å². The van der Waals surface area contributed by atoms with Gasteiger partial charge in [0.15, 0.2) is 0 Å². The lowest BCUT2D eigenvalue weighted by molar-refractivity contribution is -0.138. The first-order valence-corrected chi connectivity index (χ1v) is 7.76. The molecule has 0 radical (unpaired) electrons. The molecule has 1 N–H and O–H groups in total. The van der Waals surface area contributed by atoms with Crippen molar-refractivity contribution in [3.63, 3.8) is 0 Å². The third kappa shape index (κ3) is 3.62. The second-order valence-electron chi connectivity index (χ2n) is 5.02. The van der Waals surface area contributed by atoms with Crippen LogP contribution in [-0.2, 0) is 16.0 Å². The zero-order chi connectivity index (χ0) is 16.3. The zero-order valence-corrected chi connectivity index (χ0v) is 13.9. The van der Waals surface area contributed by atoms with Gasteiger partial charge in [0.1, 0.15) is 11.3 Å². The minimum absolute atomic E-state index is 0.000809. The van der Waals surface area contributed by atoms with E-state index < -0.39 is 5.97 Å². The van der Waals surface area contributed by atoms with Gasteiger partial charge >= 0.3 is 5.97 Å². The molecule has 1 atom stereocenters. The van der Waals surface area contributed by atoms with Gasteiger partial charge in [-0.05, 0) is 38.0 Å². The third-order valence-corrected chi connectivity index (χ3v) is 4.14. The molecule has 4 nitrogen and oxygen atoms in total. The molecule has 0 saturated carbocycles. The van der Waals surface area contributed by atoms with Gasteiger partial charge < -0.3 is 9.84 Å². The smallest absolute Gasteiger partial charge is 0.343 e. The molecule has 0 unspecified atom stereocenters. The summed E-state index contributed by atoms with van der Waals surface area (Å²) in [6.07, 6.45) is 0.753. The van der Waals surface area contributed by atoms with E-state index in [9.17, 15) is 9.90 Å². The maximum absolute atomic E-state index is 11.8. The lowest BCUT2D eigenvalue weighted by Gasteiger charge is -2.22. The summed E-state index contributed by atoms with van der Waals surface area (Å²) in [7, 11) is 0. The van der Waals surface area contributed by atoms with Crippen molar-refractivity contribution in [3.05, 3.63) is 45.1 Å². The molecule has 1 aromatic rings. The van der Waals surface area contributed by atoms with E-state index in [-0.39, 0.29) is 30.4 Å². The Morgan fingerprint density at radius 1 is 1.41 bits per heavy atom. The van der Waals surface area contributed by atoms with Gasteiger partial charge in [0, 0.05) is 16.5 Å². The van der Waals surface area contributed by atoms with E-state index in [0.717, 1.165) is 5.56 Å². The maximum Gasteiger partial charge on any atom is 0.343 e. The maximum atomic E-state index is 11.8. The lowest BCUT2D eigenvalue weighted by Crippen LogP contribution is -2.25. The summed E-state index contributed by atoms with van der Waals surface area (Å²) in [4.78, 5) is 16.3. The van der Waals surface area contributed by atoms with Crippen molar-refractivity contribution in [2.24, 2.45) is 4.99 Å². The van der Waals surface area contributed by atoms with E-state index in [1.807, 2.05) is 0 Å². The topological polar surface area (TPSA) is 58.9 Å². The molecule has 0 aliphatic carbocycles. The molecule has 0 amide bonds. The van der Waals surface area contributed by atoms with Gasteiger partial charge in [-0.15, -0.1) is 0 Å². The van der Waals surface area contributed by atoms with Crippen LogP contribution in [0.25, 0.3) is 0 Å². The van der Waals surface area contributed by atoms with E-state index in [4.69, 9.17) is 27.9 Å². The van der Waals surface area contributed by atoms with Crippen LogP contribution in [0.5, 0.6) is 0 Å². The Labute approximate surface area is 139 Å². The van der Waals surface area contributed by atoms with Crippen molar-refractivity contribution in [2.45, 2.75) is 32.7 Å². The summed E-state index contributed by atoms with van der Waals surface area (Å²) < 4.78 is 4.93. The molecular formula is C16H17Cl2NO3. The van der Waals surface area contributed by atoms with Crippen molar-refractivity contribution in [1.82, 2.24) is 0 Å². The highest BCUT2D eigenvalue weighted by Gasteiger charge is 2.27. The van der Waals surface area contributed by atoms with Crippen LogP contribution in [0.2, 0.25) is 10.0 Å². The number of carbonyl (C=O) groups is 1. The van der Waals surface area contributed by atoms with Gasteiger partial charge in [0.05, 0.1) is 18.4 Å². The van der Waals surface area contributed by atoms with Crippen molar-refractivity contribution < 1.29 is 14.6 Å². The van der Waals surface area contributed by atoms with Gasteiger partial charge in [0.25, 0.3) is 0 Å². The lowest BCUT2D eigenvalue weighted by atomic mass is 9.96. The van der Waals surface area contributed by atoms with Gasteiger partial charge in [0.2, 0.25) is 0 Å². The molecule has 1 aliphatic rings. The molecule has 0 spiro atoms. The Kier molecular flexibility index (Phi) is 5.48. The summed E-state index contributed by atoms with van der Waals surface area (Å²) in [5.74, 6) is -0.547. The number of esters is 1. The number of dihydropyridines is 1. The van der Waals surface area contributed by atoms with Gasteiger partial charge in [-0.2, -0.15) is 0 Å². The van der Waals surface area contributed by atoms with Crippen LogP contribution in [0.1, 0.15) is 25.8 Å². The highest BCUT2D eigenvalue weighted by atomic mass is 35.5. The number of hydrogen-bond acceptors (Lipinski definition) is 4. The quantitative estimate of drug-likeness (QED) is 0.837. The molecule has 0 saturated heterocycles. The van der Waals surface area contributed by atoms with E-state index in [2.05, 4.69) is 4.99 Å². The Morgan fingerprint density at radius 3 is 2.59 bits per heavy atom. The molecule has 2 rings (SSSR count). The molecule has 118 valence electrons. The summed E-state index contributed by atoms with van der Waals surface area (Å²) in [6.45, 7) is 3.65. The Balaban J connectivity index is 2.20. The average Bonchev–Trinajstić information content (AvgIpc) is 2.42. The average molecular weight is 342 g/mol. The highest BCUT2D eigenvalue weighted by molar-refractivity contribution is 6.36. The summed E-state index contributed by atoms with van der Waals surface area (Å²) >= 11 is 12.3. The van der Waals surface area contributed by atoms with E-state index >= 15 is 0 Å². The van der Waals surface area contributed by atoms with Crippen LogP contribution in [-0.4, -0.2) is 29.4 Å². The Morgan fingerprint density at radius 2 is 2.05 bits per heavy atom. The first kappa shape index (κ1) is 16.8. The minimum Gasteiger partial charge on any atom is -0.511 e. The number of nitrogens with zero attached hydrogens (tertiary/aromatic N) is 1. The number of benzene rings is 1. The van der Waals surface area contributed by atoms with E-state index in [1.54, 1.807) is 32.0 Å². The monoisotopic (exact) mass is 341 g/mol. The fourth-order valence-corrected chi connectivity index (χ4v) is 3.02. The van der Waals surface area contributed by atoms with Crippen LogP contribution < -0.4 is 0 Å². The van der Waals surface area contributed by atoms with Crippen LogP contribution in [0, 0.1) is 0 Å². The molecule has 1 aromatic carbocycles. The Bertz CT molecular complexity index is 633. The predicted octanol–water partition coefficient (Wildman–Crippen LogP) is 4.14. The fraction of sp³-hybridized carbons (Fsp3) is 0.375. The Hall–Kier alpha value is -1.52. The normalized spacial score (nSPS) is 18.2. The number of aliphatic hydroxyl groups is 1. The molecule has 1 heterocycles. The molecule has 1 aliphatic heterocycles. The van der Waals surface area contributed by atoms with Crippen molar-refractivity contribution in [2.75, 3.05) is 6.61 Å².